The van der Waals surface area contributed by atoms with Gasteiger partial charge in [-0.1, -0.05) is 38.1 Å². The van der Waals surface area contributed by atoms with E-state index in [4.69, 9.17) is 14.5 Å². The van der Waals surface area contributed by atoms with Gasteiger partial charge in [0.05, 0.1) is 35.0 Å². The lowest BCUT2D eigenvalue weighted by Gasteiger charge is -2.08. The minimum atomic E-state index is -1.04. The van der Waals surface area contributed by atoms with Gasteiger partial charge in [0.1, 0.15) is 5.69 Å². The Labute approximate surface area is 209 Å². The Morgan fingerprint density at radius 2 is 1.69 bits per heavy atom. The lowest BCUT2D eigenvalue weighted by atomic mass is 10.1. The molecule has 0 spiro atoms. The molecule has 4 aromatic rings. The summed E-state index contributed by atoms with van der Waals surface area (Å²) >= 11 is 0. The van der Waals surface area contributed by atoms with Gasteiger partial charge in [0.15, 0.2) is 0 Å². The van der Waals surface area contributed by atoms with Crippen LogP contribution in [0.3, 0.4) is 0 Å². The average molecular weight is 500 g/mol. The van der Waals surface area contributed by atoms with E-state index in [0.717, 1.165) is 21.6 Å². The summed E-state index contributed by atoms with van der Waals surface area (Å²) in [4.78, 5) is 9.98. The van der Waals surface area contributed by atoms with Crippen LogP contribution in [0.2, 0.25) is 0 Å². The van der Waals surface area contributed by atoms with Crippen LogP contribution in [0.5, 0.6) is 0 Å². The number of aliphatic hydroxyl groups excluding tert-OH is 1. The fourth-order valence-corrected chi connectivity index (χ4v) is 4.28. The van der Waals surface area contributed by atoms with E-state index in [-0.39, 0.29) is 20.2 Å². The second kappa shape index (κ2) is 11.9. The van der Waals surface area contributed by atoms with Gasteiger partial charge in [-0.25, -0.2) is 4.98 Å². The van der Waals surface area contributed by atoms with Gasteiger partial charge in [-0.2, -0.15) is 0 Å². The molecule has 4 N–H and O–H groups in total. The van der Waals surface area contributed by atoms with Crippen LogP contribution in [0.1, 0.15) is 28.0 Å². The summed E-state index contributed by atoms with van der Waals surface area (Å²) in [7, 11) is -1.04. The quantitative estimate of drug-likeness (QED) is 0.333. The maximum absolute atomic E-state index is 12.3. The van der Waals surface area contributed by atoms with Crippen LogP contribution in [-0.2, 0) is 17.3 Å². The third-order valence-corrected chi connectivity index (χ3v) is 6.81. The van der Waals surface area contributed by atoms with Crippen LogP contribution in [0.4, 0.5) is 0 Å². The maximum Gasteiger partial charge on any atom is 0.268 e. The number of rotatable bonds is 9. The Hall–Kier alpha value is -3.31. The highest BCUT2D eigenvalue weighted by molar-refractivity contribution is 7.85. The molecule has 4 rings (SSSR count). The number of nitrogens with zero attached hydrogens (tertiary/aromatic N) is 4. The summed E-state index contributed by atoms with van der Waals surface area (Å²) in [5.41, 5.74) is 4.64. The first-order chi connectivity index (χ1) is 16.5. The van der Waals surface area contributed by atoms with Crippen molar-refractivity contribution in [3.63, 3.8) is 0 Å². The van der Waals surface area contributed by atoms with Crippen LogP contribution < -0.4 is 5.32 Å². The molecular weight excluding hydrogens is 466 g/mol. The Kier molecular flexibility index (Phi) is 8.94. The number of hydrogen-bond acceptors (Lipinski definition) is 8. The van der Waals surface area contributed by atoms with Crippen LogP contribution in [-0.4, -0.2) is 53.4 Å². The van der Waals surface area contributed by atoms with Crippen LogP contribution in [0.15, 0.2) is 64.0 Å². The minimum Gasteiger partial charge on any atom is -0.415 e. The van der Waals surface area contributed by atoms with E-state index < -0.39 is 10.8 Å². The smallest absolute Gasteiger partial charge is 0.268 e. The molecule has 1 unspecified atom stereocenters. The fraction of sp³-hybridized carbons (Fsp3) is 0.280. The summed E-state index contributed by atoms with van der Waals surface area (Å²) in [6.07, 6.45) is 1.70. The van der Waals surface area contributed by atoms with Crippen LogP contribution in [0, 0.1) is 6.92 Å². The third-order valence-electron chi connectivity index (χ3n) is 5.21. The molecule has 0 bridgehead atoms. The van der Waals surface area contributed by atoms with Crippen LogP contribution in [0.25, 0.3) is 34.3 Å². The van der Waals surface area contributed by atoms with Gasteiger partial charge < -0.3 is 20.3 Å². The normalized spacial score (nSPS) is 11.9. The van der Waals surface area contributed by atoms with E-state index in [1.54, 1.807) is 6.20 Å². The summed E-state index contributed by atoms with van der Waals surface area (Å²) in [6, 6.07) is 15.3. The first kappa shape index (κ1) is 26.3. The molecule has 2 heterocycles. The highest BCUT2D eigenvalue weighted by Gasteiger charge is 2.16. The van der Waals surface area contributed by atoms with Gasteiger partial charge in [0.25, 0.3) is 5.89 Å². The number of aliphatic hydroxyl groups is 1. The van der Waals surface area contributed by atoms with Gasteiger partial charge in [0, 0.05) is 37.2 Å². The summed E-state index contributed by atoms with van der Waals surface area (Å²) in [6.45, 7) is 7.05. The van der Waals surface area contributed by atoms with E-state index in [9.17, 15) is 4.21 Å². The Bertz CT molecular complexity index is 1290. The Morgan fingerprint density at radius 1 is 1.03 bits per heavy atom. The molecule has 0 amide bonds. The first-order valence-corrected chi connectivity index (χ1v) is 12.3. The summed E-state index contributed by atoms with van der Waals surface area (Å²) in [5.74, 6) is 0.699. The van der Waals surface area contributed by atoms with E-state index >= 15 is 0 Å². The SMILES string of the molecule is Cc1ncc(-c2ccc(S(=O)C(C)C)cc2)nc1-c1nnc(-c2ccc(CNCCO)cc2)o1.O.[HH].[HH]. The first-order valence-electron chi connectivity index (χ1n) is 11.1. The molecule has 0 saturated heterocycles. The topological polar surface area (TPSA) is 146 Å². The van der Waals surface area contributed by atoms with Gasteiger partial charge in [-0.05, 0) is 36.8 Å². The zero-order valence-corrected chi connectivity index (χ0v) is 20.7. The molecule has 188 valence electrons. The maximum atomic E-state index is 12.3. The summed E-state index contributed by atoms with van der Waals surface area (Å²) < 4.78 is 18.2. The van der Waals surface area contributed by atoms with E-state index in [2.05, 4.69) is 20.5 Å². The van der Waals surface area contributed by atoms with E-state index in [0.29, 0.717) is 42.0 Å². The van der Waals surface area contributed by atoms with Gasteiger partial charge in [0.2, 0.25) is 5.89 Å². The Morgan fingerprint density at radius 3 is 2.34 bits per heavy atom. The lowest BCUT2D eigenvalue weighted by molar-refractivity contribution is 0.292. The molecular formula is C25H33N5O4S. The zero-order valence-electron chi connectivity index (χ0n) is 19.9. The molecule has 0 aliphatic heterocycles. The predicted octanol–water partition coefficient (Wildman–Crippen LogP) is 3.43. The molecule has 10 heteroatoms. The van der Waals surface area contributed by atoms with Crippen molar-refractivity contribution in [2.24, 2.45) is 0 Å². The van der Waals surface area contributed by atoms with Crippen molar-refractivity contribution in [2.45, 2.75) is 37.5 Å². The highest BCUT2D eigenvalue weighted by Crippen LogP contribution is 2.27. The second-order valence-electron chi connectivity index (χ2n) is 8.07. The van der Waals surface area contributed by atoms with E-state index in [1.165, 1.54) is 0 Å². The van der Waals surface area contributed by atoms with Crippen molar-refractivity contribution < 1.29 is 22.1 Å². The highest BCUT2D eigenvalue weighted by atomic mass is 32.2. The second-order valence-corrected chi connectivity index (χ2v) is 10.1. The molecule has 1 atom stereocenters. The summed E-state index contributed by atoms with van der Waals surface area (Å²) in [5, 5.41) is 20.5. The monoisotopic (exact) mass is 499 g/mol. The predicted molar refractivity (Wildman–Crippen MR) is 139 cm³/mol. The molecule has 0 aliphatic carbocycles. The number of nitrogens with one attached hydrogen (secondary N) is 1. The number of benzene rings is 2. The van der Waals surface area contributed by atoms with Gasteiger partial charge >= 0.3 is 0 Å². The number of aryl methyl sites for hydroxylation is 1. The largest absolute Gasteiger partial charge is 0.415 e. The van der Waals surface area contributed by atoms with Crippen molar-refractivity contribution in [3.8, 4) is 34.3 Å². The molecule has 0 aliphatic rings. The number of hydrogen-bond donors (Lipinski definition) is 2. The van der Waals surface area contributed by atoms with Crippen molar-refractivity contribution in [3.05, 3.63) is 66.0 Å². The molecule has 0 saturated carbocycles. The molecule has 0 radical (unpaired) electrons. The minimum absolute atomic E-state index is 0. The number of aromatic nitrogens is 4. The van der Waals surface area contributed by atoms with Crippen molar-refractivity contribution in [1.29, 1.82) is 0 Å². The standard InChI is InChI=1S/C25H27N5O3S.H2O.2H2/c1-16(2)34(32)21-10-8-19(9-11-21)22-15-27-17(3)23(28-22)25-30-29-24(33-25)20-6-4-18(5-7-20)14-26-12-13-31;;;/h4-11,15-16,26,31H,12-14H2,1-3H3;1H2;2*1H. The average Bonchev–Trinajstić information content (AvgIpc) is 3.34. The van der Waals surface area contributed by atoms with Crippen molar-refractivity contribution in [1.82, 2.24) is 25.5 Å². The van der Waals surface area contributed by atoms with Gasteiger partial charge in [-0.3, -0.25) is 9.19 Å². The van der Waals surface area contributed by atoms with Crippen LogP contribution >= 0.6 is 0 Å². The third kappa shape index (κ3) is 6.23. The lowest BCUT2D eigenvalue weighted by Crippen LogP contribution is -2.17. The van der Waals surface area contributed by atoms with Crippen molar-refractivity contribution >= 4 is 10.8 Å². The molecule has 2 aromatic heterocycles. The van der Waals surface area contributed by atoms with Gasteiger partial charge in [-0.15, -0.1) is 10.2 Å². The Balaban J connectivity index is 0.00000228. The molecule has 35 heavy (non-hydrogen) atoms. The fourth-order valence-electron chi connectivity index (χ4n) is 3.34. The molecule has 0 fully saturated rings. The zero-order chi connectivity index (χ0) is 24.1. The van der Waals surface area contributed by atoms with Crippen molar-refractivity contribution in [2.75, 3.05) is 13.2 Å². The molecule has 9 nitrogen and oxygen atoms in total. The molecule has 2 aromatic carbocycles. The van der Waals surface area contributed by atoms with E-state index in [1.807, 2.05) is 69.3 Å².